The number of hydrogen-bond acceptors (Lipinski definition) is 8. The first-order valence-corrected chi connectivity index (χ1v) is 12.2. The summed E-state index contributed by atoms with van der Waals surface area (Å²) in [5.74, 6) is -0.105. The highest BCUT2D eigenvalue weighted by Gasteiger charge is 2.33. The molecule has 0 radical (unpaired) electrons. The van der Waals surface area contributed by atoms with Gasteiger partial charge in [-0.05, 0) is 62.2 Å². The van der Waals surface area contributed by atoms with Gasteiger partial charge in [-0.15, -0.1) is 13.2 Å². The molecule has 0 saturated heterocycles. The fourth-order valence-electron chi connectivity index (χ4n) is 4.71. The molecular formula is C26H30F3N3O6. The van der Waals surface area contributed by atoms with Crippen LogP contribution in [-0.4, -0.2) is 57.2 Å². The van der Waals surface area contributed by atoms with Crippen LogP contribution in [-0.2, 0) is 16.1 Å². The molecule has 0 aromatic heterocycles. The fraction of sp³-hybridized carbons (Fsp3) is 0.462. The van der Waals surface area contributed by atoms with Crippen molar-refractivity contribution in [1.82, 2.24) is 4.90 Å². The van der Waals surface area contributed by atoms with Crippen LogP contribution in [0, 0.1) is 0 Å². The summed E-state index contributed by atoms with van der Waals surface area (Å²) in [5, 5.41) is 5.79. The first kappa shape index (κ1) is 27.4. The molecular weight excluding hydrogens is 507 g/mol. The molecule has 12 heteroatoms. The molecule has 0 spiro atoms. The number of rotatable bonds is 7. The Hall–Kier alpha value is -3.67. The van der Waals surface area contributed by atoms with Gasteiger partial charge in [-0.25, -0.2) is 4.79 Å². The highest BCUT2D eigenvalue weighted by atomic mass is 19.4. The lowest BCUT2D eigenvalue weighted by atomic mass is 9.93. The molecule has 2 N–H and O–H groups in total. The number of carbonyl (C=O) groups is 2. The van der Waals surface area contributed by atoms with Crippen molar-refractivity contribution in [3.63, 3.8) is 0 Å². The second-order valence-corrected chi connectivity index (χ2v) is 9.50. The van der Waals surface area contributed by atoms with Gasteiger partial charge in [0.15, 0.2) is 6.10 Å². The maximum absolute atomic E-state index is 13.2. The third-order valence-corrected chi connectivity index (χ3v) is 6.36. The zero-order valence-electron chi connectivity index (χ0n) is 21.3. The lowest BCUT2D eigenvalue weighted by Gasteiger charge is -2.28. The van der Waals surface area contributed by atoms with E-state index >= 15 is 0 Å². The van der Waals surface area contributed by atoms with Crippen LogP contribution in [0.3, 0.4) is 0 Å². The molecule has 206 valence electrons. The Bertz CT molecular complexity index is 1180. The predicted octanol–water partition coefficient (Wildman–Crippen LogP) is 5.26. The van der Waals surface area contributed by atoms with E-state index in [0.717, 1.165) is 48.9 Å². The van der Waals surface area contributed by atoms with Gasteiger partial charge >= 0.3 is 12.5 Å². The van der Waals surface area contributed by atoms with Crippen LogP contribution in [0.5, 0.6) is 17.2 Å². The molecule has 4 rings (SSSR count). The summed E-state index contributed by atoms with van der Waals surface area (Å²) in [7, 11) is 5.03. The van der Waals surface area contributed by atoms with Gasteiger partial charge in [0.2, 0.25) is 0 Å². The van der Waals surface area contributed by atoms with Gasteiger partial charge in [-0.2, -0.15) is 0 Å². The van der Waals surface area contributed by atoms with Gasteiger partial charge in [0, 0.05) is 24.4 Å². The standard InChI is InChI=1S/C26H30F3N3O6/c1-32(2)14-16-10-18(15-6-4-5-7-15)22(37-25(34)35-3)12-19(16)31-24(33)23-13-30-20-11-17(38-26(27,28)29)8-9-21(20)36-23/h8-12,15,23,30H,4-7,13-14H2,1-3H3,(H,31,33). The summed E-state index contributed by atoms with van der Waals surface area (Å²) >= 11 is 0. The maximum Gasteiger partial charge on any atom is 0.573 e. The molecule has 38 heavy (non-hydrogen) atoms. The van der Waals surface area contributed by atoms with Gasteiger partial charge in [0.25, 0.3) is 5.91 Å². The molecule has 1 aliphatic carbocycles. The lowest BCUT2D eigenvalue weighted by Crippen LogP contribution is -2.41. The maximum atomic E-state index is 13.2. The van der Waals surface area contributed by atoms with E-state index in [1.807, 2.05) is 25.1 Å². The third kappa shape index (κ3) is 6.80. The molecule has 1 fully saturated rings. The van der Waals surface area contributed by atoms with Crippen LogP contribution in [0.15, 0.2) is 30.3 Å². The largest absolute Gasteiger partial charge is 0.573 e. The monoisotopic (exact) mass is 537 g/mol. The zero-order chi connectivity index (χ0) is 27.4. The van der Waals surface area contributed by atoms with Crippen LogP contribution < -0.4 is 24.8 Å². The molecule has 1 amide bonds. The Kier molecular flexibility index (Phi) is 8.20. The van der Waals surface area contributed by atoms with Gasteiger partial charge in [-0.3, -0.25) is 4.79 Å². The summed E-state index contributed by atoms with van der Waals surface area (Å²) in [4.78, 5) is 27.1. The topological polar surface area (TPSA) is 98.4 Å². The van der Waals surface area contributed by atoms with Crippen LogP contribution in [0.1, 0.15) is 42.7 Å². The SMILES string of the molecule is COC(=O)Oc1cc(NC(=O)C2CNc3cc(OC(F)(F)F)ccc3O2)c(CN(C)C)cc1C1CCCC1. The molecule has 1 aliphatic heterocycles. The molecule has 2 aliphatic rings. The minimum Gasteiger partial charge on any atom is -0.477 e. The average Bonchev–Trinajstić information content (AvgIpc) is 3.38. The Morgan fingerprint density at radius 2 is 1.89 bits per heavy atom. The number of anilines is 2. The van der Waals surface area contributed by atoms with Gasteiger partial charge in [0.1, 0.15) is 17.2 Å². The Balaban J connectivity index is 1.57. The van der Waals surface area contributed by atoms with Crippen molar-refractivity contribution in [3.05, 3.63) is 41.5 Å². The number of alkyl halides is 3. The molecule has 2 aromatic rings. The molecule has 1 heterocycles. The van der Waals surface area contributed by atoms with Crippen LogP contribution >= 0.6 is 0 Å². The molecule has 9 nitrogen and oxygen atoms in total. The van der Waals surface area contributed by atoms with Gasteiger partial charge in [0.05, 0.1) is 19.3 Å². The normalized spacial score (nSPS) is 17.3. The zero-order valence-corrected chi connectivity index (χ0v) is 21.3. The molecule has 1 atom stereocenters. The minimum atomic E-state index is -4.82. The Morgan fingerprint density at radius 1 is 1.16 bits per heavy atom. The second kappa shape index (κ2) is 11.4. The first-order chi connectivity index (χ1) is 18.0. The third-order valence-electron chi connectivity index (χ3n) is 6.36. The number of benzene rings is 2. The van der Waals surface area contributed by atoms with E-state index in [0.29, 0.717) is 18.0 Å². The molecule has 1 unspecified atom stereocenters. The summed E-state index contributed by atoms with van der Waals surface area (Å²) in [6.45, 7) is 0.533. The van der Waals surface area contributed by atoms with Gasteiger partial charge < -0.3 is 34.5 Å². The number of nitrogens with one attached hydrogen (secondary N) is 2. The van der Waals surface area contributed by atoms with Crippen molar-refractivity contribution in [3.8, 4) is 17.2 Å². The van der Waals surface area contributed by atoms with E-state index in [2.05, 4.69) is 15.4 Å². The van der Waals surface area contributed by atoms with Crippen LogP contribution in [0.4, 0.5) is 29.3 Å². The van der Waals surface area contributed by atoms with Gasteiger partial charge in [-0.1, -0.05) is 12.8 Å². The lowest BCUT2D eigenvalue weighted by molar-refractivity contribution is -0.274. The minimum absolute atomic E-state index is 0.0169. The number of amides is 1. The predicted molar refractivity (Wildman–Crippen MR) is 133 cm³/mol. The van der Waals surface area contributed by atoms with E-state index in [-0.39, 0.29) is 23.9 Å². The second-order valence-electron chi connectivity index (χ2n) is 9.50. The number of fused-ring (bicyclic) bond motifs is 1. The summed E-state index contributed by atoms with van der Waals surface area (Å²) in [6, 6.07) is 7.17. The summed E-state index contributed by atoms with van der Waals surface area (Å²) in [5.41, 5.74) is 2.45. The van der Waals surface area contributed by atoms with Crippen LogP contribution in [0.2, 0.25) is 0 Å². The van der Waals surface area contributed by atoms with Crippen molar-refractivity contribution in [2.45, 2.75) is 50.6 Å². The number of carbonyl (C=O) groups excluding carboxylic acids is 2. The van der Waals surface area contributed by atoms with Crippen molar-refractivity contribution >= 4 is 23.4 Å². The van der Waals surface area contributed by atoms with Crippen molar-refractivity contribution in [1.29, 1.82) is 0 Å². The number of hydrogen-bond donors (Lipinski definition) is 2. The van der Waals surface area contributed by atoms with Crippen molar-refractivity contribution in [2.24, 2.45) is 0 Å². The number of ether oxygens (including phenoxy) is 4. The summed E-state index contributed by atoms with van der Waals surface area (Å²) < 4.78 is 57.4. The highest BCUT2D eigenvalue weighted by molar-refractivity contribution is 5.96. The Labute approximate surface area is 218 Å². The number of methoxy groups -OCH3 is 1. The molecule has 0 bridgehead atoms. The smallest absolute Gasteiger partial charge is 0.477 e. The number of nitrogens with zero attached hydrogens (tertiary/aromatic N) is 1. The van der Waals surface area contributed by atoms with E-state index in [4.69, 9.17) is 14.2 Å². The van der Waals surface area contributed by atoms with E-state index in [1.165, 1.54) is 13.2 Å². The molecule has 1 saturated carbocycles. The quantitative estimate of drug-likeness (QED) is 0.365. The van der Waals surface area contributed by atoms with E-state index < -0.39 is 30.3 Å². The number of halogens is 3. The average molecular weight is 538 g/mol. The molecule has 2 aromatic carbocycles. The van der Waals surface area contributed by atoms with E-state index in [9.17, 15) is 22.8 Å². The van der Waals surface area contributed by atoms with Crippen LogP contribution in [0.25, 0.3) is 0 Å². The summed E-state index contributed by atoms with van der Waals surface area (Å²) in [6.07, 6.45) is -2.53. The van der Waals surface area contributed by atoms with Crippen molar-refractivity contribution in [2.75, 3.05) is 38.4 Å². The Morgan fingerprint density at radius 3 is 2.55 bits per heavy atom. The van der Waals surface area contributed by atoms with E-state index in [1.54, 1.807) is 6.07 Å². The fourth-order valence-corrected chi connectivity index (χ4v) is 4.71. The first-order valence-electron chi connectivity index (χ1n) is 12.2. The highest BCUT2D eigenvalue weighted by Crippen LogP contribution is 2.42. The van der Waals surface area contributed by atoms with Crippen molar-refractivity contribution < 1.29 is 41.7 Å².